The second kappa shape index (κ2) is 9.24. The van der Waals surface area contributed by atoms with Crippen LogP contribution in [0.2, 0.25) is 0 Å². The van der Waals surface area contributed by atoms with Crippen molar-refractivity contribution in [2.24, 2.45) is 0 Å². The Morgan fingerprint density at radius 3 is 2.36 bits per heavy atom. The van der Waals surface area contributed by atoms with Gasteiger partial charge in [0, 0.05) is 12.2 Å². The summed E-state index contributed by atoms with van der Waals surface area (Å²) < 4.78 is 80.5. The summed E-state index contributed by atoms with van der Waals surface area (Å²) in [6.45, 7) is 0.172. The zero-order chi connectivity index (χ0) is 20.8. The summed E-state index contributed by atoms with van der Waals surface area (Å²) in [7, 11) is -3.53. The van der Waals surface area contributed by atoms with Gasteiger partial charge in [0.1, 0.15) is 11.9 Å². The molecule has 5 nitrogen and oxygen atoms in total. The van der Waals surface area contributed by atoms with E-state index in [2.05, 4.69) is 14.8 Å². The highest BCUT2D eigenvalue weighted by Gasteiger charge is 2.40. The van der Waals surface area contributed by atoms with Crippen LogP contribution in [0.3, 0.4) is 0 Å². The lowest BCUT2D eigenvalue weighted by molar-refractivity contribution is -0.144. The predicted molar refractivity (Wildman–Crippen MR) is 99.2 cm³/mol. The Labute approximate surface area is 160 Å². The molecule has 28 heavy (non-hydrogen) atoms. The van der Waals surface area contributed by atoms with Crippen LogP contribution in [-0.2, 0) is 14.3 Å². The molecule has 2 N–H and O–H groups in total. The maximum atomic E-state index is 14.2. The normalized spacial score (nSPS) is 13.2. The summed E-state index contributed by atoms with van der Waals surface area (Å²) >= 11 is 0. The molecule has 2 aromatic carbocycles. The number of anilines is 2. The third kappa shape index (κ3) is 7.01. The van der Waals surface area contributed by atoms with Crippen LogP contribution in [0, 0.1) is 5.82 Å². The van der Waals surface area contributed by atoms with Gasteiger partial charge in [-0.25, -0.2) is 4.39 Å². The zero-order valence-electron chi connectivity index (χ0n) is 15.0. The molecule has 0 saturated carbocycles. The maximum Gasteiger partial charge on any atom is 0.412 e. The average molecular weight is 420 g/mol. The molecular formula is C18H20F4N2O3S. The van der Waals surface area contributed by atoms with Gasteiger partial charge in [0.15, 0.2) is 0 Å². The lowest BCUT2D eigenvalue weighted by Crippen LogP contribution is -2.27. The van der Waals surface area contributed by atoms with Crippen molar-refractivity contribution in [2.75, 3.05) is 30.0 Å². The Bertz CT molecular complexity index is 874. The molecule has 10 heteroatoms. The van der Waals surface area contributed by atoms with E-state index >= 15 is 0 Å². The molecule has 0 aliphatic rings. The Morgan fingerprint density at radius 1 is 1.11 bits per heavy atom. The molecule has 0 fully saturated rings. The van der Waals surface area contributed by atoms with Gasteiger partial charge in [0.2, 0.25) is 0 Å². The molecule has 2 aromatic rings. The molecule has 0 bridgehead atoms. The summed E-state index contributed by atoms with van der Waals surface area (Å²) in [5.41, 5.74) is 0.0892. The summed E-state index contributed by atoms with van der Waals surface area (Å²) in [5.74, 6) is -0.733. The van der Waals surface area contributed by atoms with E-state index < -0.39 is 28.2 Å². The molecule has 154 valence electrons. The van der Waals surface area contributed by atoms with Crippen LogP contribution >= 0.6 is 0 Å². The largest absolute Gasteiger partial charge is 0.412 e. The highest BCUT2D eigenvalue weighted by molar-refractivity contribution is 7.85. The number of alkyl halides is 3. The topological polar surface area (TPSA) is 67.4 Å². The minimum Gasteiger partial charge on any atom is -0.383 e. The second-order valence-corrected chi connectivity index (χ2v) is 7.67. The van der Waals surface area contributed by atoms with Crippen molar-refractivity contribution in [3.63, 3.8) is 0 Å². The van der Waals surface area contributed by atoms with Gasteiger partial charge in [-0.15, -0.1) is 0 Å². The van der Waals surface area contributed by atoms with Crippen LogP contribution in [-0.4, -0.2) is 34.0 Å². The van der Waals surface area contributed by atoms with Crippen molar-refractivity contribution in [1.29, 1.82) is 0 Å². The Kier molecular flexibility index (Phi) is 7.25. The molecule has 1 unspecified atom stereocenters. The van der Waals surface area contributed by atoms with Crippen molar-refractivity contribution in [2.45, 2.75) is 18.6 Å². The van der Waals surface area contributed by atoms with E-state index in [1.807, 2.05) is 0 Å². The summed E-state index contributed by atoms with van der Waals surface area (Å²) in [4.78, 5) is 0. The van der Waals surface area contributed by atoms with Gasteiger partial charge in [-0.3, -0.25) is 4.18 Å². The number of halogens is 4. The first-order valence-corrected chi connectivity index (χ1v) is 10.1. The second-order valence-electron chi connectivity index (χ2n) is 6.03. The first kappa shape index (κ1) is 22.0. The van der Waals surface area contributed by atoms with Gasteiger partial charge in [-0.05, 0) is 30.2 Å². The molecule has 0 aliphatic carbocycles. The molecule has 0 aliphatic heterocycles. The summed E-state index contributed by atoms with van der Waals surface area (Å²) in [5, 5.41) is 5.06. The van der Waals surface area contributed by atoms with Gasteiger partial charge in [-0.2, -0.15) is 21.6 Å². The summed E-state index contributed by atoms with van der Waals surface area (Å²) in [6.07, 6.45) is -3.33. The van der Waals surface area contributed by atoms with Crippen LogP contribution in [0.5, 0.6) is 0 Å². The molecule has 0 heterocycles. The lowest BCUT2D eigenvalue weighted by Gasteiger charge is -2.23. The average Bonchev–Trinajstić information content (AvgIpc) is 2.59. The van der Waals surface area contributed by atoms with Crippen molar-refractivity contribution in [3.8, 4) is 0 Å². The maximum absolute atomic E-state index is 14.2. The quantitative estimate of drug-likeness (QED) is 0.359. The van der Waals surface area contributed by atoms with Crippen LogP contribution in [0.25, 0.3) is 0 Å². The van der Waals surface area contributed by atoms with Crippen molar-refractivity contribution in [3.05, 3.63) is 59.9 Å². The minimum absolute atomic E-state index is 0.0171. The fourth-order valence-corrected chi connectivity index (χ4v) is 2.84. The third-order valence-corrected chi connectivity index (χ3v) is 4.27. The zero-order valence-corrected chi connectivity index (χ0v) is 15.8. The first-order chi connectivity index (χ1) is 13.1. The molecule has 1 atom stereocenters. The van der Waals surface area contributed by atoms with E-state index in [1.165, 1.54) is 36.4 Å². The monoisotopic (exact) mass is 420 g/mol. The van der Waals surface area contributed by atoms with E-state index in [1.54, 1.807) is 6.07 Å². The van der Waals surface area contributed by atoms with E-state index in [-0.39, 0.29) is 30.1 Å². The number of hydrogen-bond donors (Lipinski definition) is 2. The van der Waals surface area contributed by atoms with Gasteiger partial charge in [0.05, 0.1) is 18.6 Å². The Hall–Kier alpha value is -2.33. The van der Waals surface area contributed by atoms with Crippen LogP contribution < -0.4 is 10.6 Å². The molecule has 0 aromatic heterocycles. The fraction of sp³-hybridized carbons (Fsp3) is 0.333. The molecule has 0 radical (unpaired) electrons. The van der Waals surface area contributed by atoms with Crippen LogP contribution in [0.4, 0.5) is 28.9 Å². The van der Waals surface area contributed by atoms with Crippen molar-refractivity contribution >= 4 is 21.5 Å². The van der Waals surface area contributed by atoms with Crippen LogP contribution in [0.1, 0.15) is 18.0 Å². The minimum atomic E-state index is -4.56. The van der Waals surface area contributed by atoms with Gasteiger partial charge in [0.25, 0.3) is 10.1 Å². The van der Waals surface area contributed by atoms with E-state index in [0.29, 0.717) is 6.42 Å². The number of rotatable bonds is 9. The smallest absolute Gasteiger partial charge is 0.383 e. The molecule has 0 saturated heterocycles. The third-order valence-electron chi connectivity index (χ3n) is 3.67. The van der Waals surface area contributed by atoms with Crippen molar-refractivity contribution in [1.82, 2.24) is 0 Å². The number of nitrogens with one attached hydrogen (secondary N) is 2. The highest BCUT2D eigenvalue weighted by Crippen LogP contribution is 2.36. The molecule has 2 rings (SSSR count). The van der Waals surface area contributed by atoms with Crippen molar-refractivity contribution < 1.29 is 30.2 Å². The Balaban J connectivity index is 2.00. The molecule has 0 spiro atoms. The van der Waals surface area contributed by atoms with Gasteiger partial charge in [-0.1, -0.05) is 30.3 Å². The highest BCUT2D eigenvalue weighted by atomic mass is 32.2. The Morgan fingerprint density at radius 2 is 1.79 bits per heavy atom. The van der Waals surface area contributed by atoms with Gasteiger partial charge >= 0.3 is 6.18 Å². The van der Waals surface area contributed by atoms with E-state index in [9.17, 15) is 26.0 Å². The lowest BCUT2D eigenvalue weighted by atomic mass is 10.1. The van der Waals surface area contributed by atoms with E-state index in [0.717, 1.165) is 12.3 Å². The van der Waals surface area contributed by atoms with Gasteiger partial charge < -0.3 is 10.6 Å². The SMILES string of the molecule is CS(=O)(=O)OCCCNc1ccc(NC(c2ccccc2)C(F)(F)F)cc1F. The van der Waals surface area contributed by atoms with E-state index in [4.69, 9.17) is 0 Å². The summed E-state index contributed by atoms with van der Waals surface area (Å²) in [6, 6.07) is 8.93. The van der Waals surface area contributed by atoms with Crippen LogP contribution in [0.15, 0.2) is 48.5 Å². The molecular weight excluding hydrogens is 400 g/mol. The standard InChI is InChI=1S/C18H20F4N2O3S/c1-28(25,26)27-11-5-10-23-16-9-8-14(12-15(16)19)24-17(18(20,21)22)13-6-3-2-4-7-13/h2-4,6-9,12,17,23-24H,5,10-11H2,1H3. The molecule has 0 amide bonds. The fourth-order valence-electron chi connectivity index (χ4n) is 2.42. The predicted octanol–water partition coefficient (Wildman–Crippen LogP) is 4.32. The first-order valence-electron chi connectivity index (χ1n) is 8.32. The number of benzene rings is 2. The number of hydrogen-bond acceptors (Lipinski definition) is 5.